The Kier molecular flexibility index (Phi) is 3.39. The number of aromatic nitrogens is 2. The number of aryl methyl sites for hydroxylation is 1. The summed E-state index contributed by atoms with van der Waals surface area (Å²) in [4.78, 5) is 15.6. The largest absolute Gasteiger partial charge is 0.340 e. The van der Waals surface area contributed by atoms with Crippen LogP contribution in [-0.2, 0) is 11.2 Å². The molecule has 0 fully saturated rings. The van der Waals surface area contributed by atoms with Crippen LogP contribution in [0.4, 0.5) is 5.69 Å². The summed E-state index contributed by atoms with van der Waals surface area (Å²) in [5.41, 5.74) is 0.569. The first-order valence-corrected chi connectivity index (χ1v) is 5.36. The standard InChI is InChI=1S/C11H10ClN3O2/c1-7-13-10(15-17-7)6-11(16)14-9-5-3-2-4-8(9)12/h2-5H,6H2,1H3,(H,14,16). The topological polar surface area (TPSA) is 68.0 Å². The number of benzene rings is 1. The van der Waals surface area contributed by atoms with Crippen LogP contribution in [0, 0.1) is 6.92 Å². The summed E-state index contributed by atoms with van der Waals surface area (Å²) in [5.74, 6) is 0.552. The number of nitrogens with zero attached hydrogens (tertiary/aromatic N) is 2. The molecular weight excluding hydrogens is 242 g/mol. The van der Waals surface area contributed by atoms with Gasteiger partial charge in [0.2, 0.25) is 11.8 Å². The molecule has 0 spiro atoms. The summed E-state index contributed by atoms with van der Waals surface area (Å²) in [6.07, 6.45) is 0.0581. The average molecular weight is 252 g/mol. The Morgan fingerprint density at radius 3 is 2.88 bits per heavy atom. The van der Waals surface area contributed by atoms with E-state index in [0.29, 0.717) is 22.4 Å². The lowest BCUT2D eigenvalue weighted by Crippen LogP contribution is -2.15. The maximum absolute atomic E-state index is 11.7. The number of rotatable bonds is 3. The van der Waals surface area contributed by atoms with Crippen molar-refractivity contribution >= 4 is 23.2 Å². The van der Waals surface area contributed by atoms with Crippen LogP contribution in [0.15, 0.2) is 28.8 Å². The van der Waals surface area contributed by atoms with Crippen molar-refractivity contribution in [1.82, 2.24) is 10.1 Å². The van der Waals surface area contributed by atoms with Crippen molar-refractivity contribution in [3.63, 3.8) is 0 Å². The van der Waals surface area contributed by atoms with E-state index in [2.05, 4.69) is 15.5 Å². The van der Waals surface area contributed by atoms with Gasteiger partial charge in [-0.3, -0.25) is 4.79 Å². The highest BCUT2D eigenvalue weighted by molar-refractivity contribution is 6.33. The SMILES string of the molecule is Cc1nc(CC(=O)Nc2ccccc2Cl)no1. The zero-order valence-electron chi connectivity index (χ0n) is 9.11. The Labute approximate surface area is 103 Å². The summed E-state index contributed by atoms with van der Waals surface area (Å²) < 4.78 is 4.77. The molecule has 1 N–H and O–H groups in total. The van der Waals surface area contributed by atoms with E-state index in [-0.39, 0.29) is 12.3 Å². The van der Waals surface area contributed by atoms with Gasteiger partial charge in [-0.15, -0.1) is 0 Å². The van der Waals surface area contributed by atoms with Gasteiger partial charge in [0.1, 0.15) is 0 Å². The number of carbonyl (C=O) groups excluding carboxylic acids is 1. The molecule has 1 aromatic heterocycles. The number of halogens is 1. The van der Waals surface area contributed by atoms with Crippen molar-refractivity contribution in [3.8, 4) is 0 Å². The van der Waals surface area contributed by atoms with Crippen LogP contribution in [0.2, 0.25) is 5.02 Å². The van der Waals surface area contributed by atoms with Crippen molar-refractivity contribution in [2.75, 3.05) is 5.32 Å². The van der Waals surface area contributed by atoms with Crippen LogP contribution in [-0.4, -0.2) is 16.0 Å². The predicted octanol–water partition coefficient (Wildman–Crippen LogP) is 2.21. The number of hydrogen-bond acceptors (Lipinski definition) is 4. The number of nitrogens with one attached hydrogen (secondary N) is 1. The molecular formula is C11H10ClN3O2. The first-order valence-electron chi connectivity index (χ1n) is 4.99. The highest BCUT2D eigenvalue weighted by Crippen LogP contribution is 2.20. The van der Waals surface area contributed by atoms with E-state index >= 15 is 0 Å². The first kappa shape index (κ1) is 11.6. The molecule has 0 aliphatic carbocycles. The fourth-order valence-corrected chi connectivity index (χ4v) is 1.50. The number of carbonyl (C=O) groups is 1. The van der Waals surface area contributed by atoms with Gasteiger partial charge in [-0.05, 0) is 12.1 Å². The van der Waals surface area contributed by atoms with Crippen LogP contribution in [0.5, 0.6) is 0 Å². The Morgan fingerprint density at radius 2 is 2.24 bits per heavy atom. The Balaban J connectivity index is 2.01. The van der Waals surface area contributed by atoms with Gasteiger partial charge < -0.3 is 9.84 Å². The minimum atomic E-state index is -0.237. The summed E-state index contributed by atoms with van der Waals surface area (Å²) >= 11 is 5.91. The molecule has 1 amide bonds. The van der Waals surface area contributed by atoms with E-state index in [0.717, 1.165) is 0 Å². The van der Waals surface area contributed by atoms with Crippen LogP contribution >= 0.6 is 11.6 Å². The molecule has 0 saturated heterocycles. The van der Waals surface area contributed by atoms with Crippen molar-refractivity contribution in [3.05, 3.63) is 41.0 Å². The van der Waals surface area contributed by atoms with Crippen molar-refractivity contribution < 1.29 is 9.32 Å². The zero-order chi connectivity index (χ0) is 12.3. The first-order chi connectivity index (χ1) is 8.15. The molecule has 2 aromatic rings. The molecule has 17 heavy (non-hydrogen) atoms. The number of hydrogen-bond donors (Lipinski definition) is 1. The van der Waals surface area contributed by atoms with Crippen molar-refractivity contribution in [2.45, 2.75) is 13.3 Å². The van der Waals surface area contributed by atoms with Gasteiger partial charge in [0.05, 0.1) is 17.1 Å². The molecule has 6 heteroatoms. The molecule has 0 aliphatic heterocycles. The Hall–Kier alpha value is -1.88. The van der Waals surface area contributed by atoms with Gasteiger partial charge in [0.25, 0.3) is 0 Å². The quantitative estimate of drug-likeness (QED) is 0.908. The molecule has 1 heterocycles. The van der Waals surface area contributed by atoms with Crippen molar-refractivity contribution in [1.29, 1.82) is 0 Å². The zero-order valence-corrected chi connectivity index (χ0v) is 9.86. The molecule has 1 aromatic carbocycles. The highest BCUT2D eigenvalue weighted by Gasteiger charge is 2.10. The van der Waals surface area contributed by atoms with Crippen LogP contribution in [0.3, 0.4) is 0 Å². The number of anilines is 1. The molecule has 0 bridgehead atoms. The van der Waals surface area contributed by atoms with E-state index < -0.39 is 0 Å². The molecule has 0 aliphatic rings. The summed E-state index contributed by atoms with van der Waals surface area (Å²) in [6.45, 7) is 1.67. The minimum absolute atomic E-state index is 0.0581. The third kappa shape index (κ3) is 3.04. The predicted molar refractivity (Wildman–Crippen MR) is 62.8 cm³/mol. The van der Waals surface area contributed by atoms with Crippen molar-refractivity contribution in [2.24, 2.45) is 0 Å². The molecule has 0 unspecified atom stereocenters. The maximum atomic E-state index is 11.7. The lowest BCUT2D eigenvalue weighted by atomic mass is 10.3. The van der Waals surface area contributed by atoms with E-state index in [9.17, 15) is 4.79 Å². The van der Waals surface area contributed by atoms with E-state index in [1.807, 2.05) is 0 Å². The monoisotopic (exact) mass is 251 g/mol. The van der Waals surface area contributed by atoms with E-state index in [4.69, 9.17) is 16.1 Å². The van der Waals surface area contributed by atoms with Crippen LogP contribution < -0.4 is 5.32 Å². The third-order valence-corrected chi connectivity index (χ3v) is 2.37. The maximum Gasteiger partial charge on any atom is 0.232 e. The Morgan fingerprint density at radius 1 is 1.47 bits per heavy atom. The van der Waals surface area contributed by atoms with E-state index in [1.54, 1.807) is 31.2 Å². The molecule has 2 rings (SSSR count). The number of para-hydroxylation sites is 1. The second-order valence-electron chi connectivity index (χ2n) is 3.43. The fourth-order valence-electron chi connectivity index (χ4n) is 1.31. The van der Waals surface area contributed by atoms with Gasteiger partial charge >= 0.3 is 0 Å². The average Bonchev–Trinajstić information content (AvgIpc) is 2.67. The fraction of sp³-hybridized carbons (Fsp3) is 0.182. The van der Waals surface area contributed by atoms with Gasteiger partial charge in [0.15, 0.2) is 5.82 Å². The van der Waals surface area contributed by atoms with Crippen LogP contribution in [0.25, 0.3) is 0 Å². The highest BCUT2D eigenvalue weighted by atomic mass is 35.5. The molecule has 5 nitrogen and oxygen atoms in total. The second-order valence-corrected chi connectivity index (χ2v) is 3.84. The molecule has 0 radical (unpaired) electrons. The summed E-state index contributed by atoms with van der Waals surface area (Å²) in [5, 5.41) is 6.81. The lowest BCUT2D eigenvalue weighted by molar-refractivity contribution is -0.115. The lowest BCUT2D eigenvalue weighted by Gasteiger charge is -2.04. The third-order valence-electron chi connectivity index (χ3n) is 2.04. The van der Waals surface area contributed by atoms with Gasteiger partial charge in [-0.2, -0.15) is 4.98 Å². The second kappa shape index (κ2) is 4.97. The normalized spacial score (nSPS) is 10.2. The smallest absolute Gasteiger partial charge is 0.232 e. The Bertz CT molecular complexity index is 539. The number of amides is 1. The molecule has 0 saturated carbocycles. The van der Waals surface area contributed by atoms with Gasteiger partial charge in [0, 0.05) is 6.92 Å². The van der Waals surface area contributed by atoms with Crippen LogP contribution in [0.1, 0.15) is 11.7 Å². The summed E-state index contributed by atoms with van der Waals surface area (Å²) in [7, 11) is 0. The van der Waals surface area contributed by atoms with Gasteiger partial charge in [-0.1, -0.05) is 28.9 Å². The molecule has 88 valence electrons. The van der Waals surface area contributed by atoms with E-state index in [1.165, 1.54) is 0 Å². The summed E-state index contributed by atoms with van der Waals surface area (Å²) in [6, 6.07) is 7.01. The molecule has 0 atom stereocenters. The minimum Gasteiger partial charge on any atom is -0.340 e. The van der Waals surface area contributed by atoms with Gasteiger partial charge in [-0.25, -0.2) is 0 Å².